The van der Waals surface area contributed by atoms with E-state index < -0.39 is 5.97 Å². The Kier molecular flexibility index (Phi) is 6.52. The second-order valence-electron chi connectivity index (χ2n) is 6.51. The predicted octanol–water partition coefficient (Wildman–Crippen LogP) is 3.82. The van der Waals surface area contributed by atoms with Crippen LogP contribution in [-0.4, -0.2) is 30.1 Å². The molecule has 0 aromatic heterocycles. The van der Waals surface area contributed by atoms with Crippen molar-refractivity contribution in [2.45, 2.75) is 39.9 Å². The van der Waals surface area contributed by atoms with Crippen LogP contribution >= 0.6 is 0 Å². The van der Waals surface area contributed by atoms with E-state index in [9.17, 15) is 14.7 Å². The number of amides is 1. The maximum atomic E-state index is 12.8. The van der Waals surface area contributed by atoms with Gasteiger partial charge in [0.05, 0.1) is 24.7 Å². The summed E-state index contributed by atoms with van der Waals surface area (Å²) < 4.78 is 5.67. The van der Waals surface area contributed by atoms with Crippen LogP contribution in [0.2, 0.25) is 0 Å². The molecule has 2 aromatic rings. The zero-order chi connectivity index (χ0) is 19.3. The summed E-state index contributed by atoms with van der Waals surface area (Å²) in [6, 6.07) is 12.7. The number of hydrogen-bond donors (Lipinski definition) is 1. The Labute approximate surface area is 154 Å². The Morgan fingerprint density at radius 1 is 1.08 bits per heavy atom. The third kappa shape index (κ3) is 4.70. The van der Waals surface area contributed by atoms with E-state index >= 15 is 0 Å². The molecule has 0 radical (unpaired) electrons. The standard InChI is InChI=1S/C21H25NO4/c1-14(2)26-13-17-9-6-5-8-16(17)12-20(23)22(4)19-11-7-10-18(15(19)3)21(24)25/h5-11,14H,12-13H2,1-4H3,(H,24,25). The number of carboxylic acid groups (broad SMARTS) is 1. The summed E-state index contributed by atoms with van der Waals surface area (Å²) in [5.74, 6) is -1.10. The van der Waals surface area contributed by atoms with Gasteiger partial charge in [0, 0.05) is 12.7 Å². The van der Waals surface area contributed by atoms with E-state index in [2.05, 4.69) is 0 Å². The maximum Gasteiger partial charge on any atom is 0.336 e. The zero-order valence-corrected chi connectivity index (χ0v) is 15.7. The number of likely N-dealkylation sites (N-methyl/N-ethyl adjacent to an activating group) is 1. The molecular weight excluding hydrogens is 330 g/mol. The summed E-state index contributed by atoms with van der Waals surface area (Å²) in [5.41, 5.74) is 3.28. The summed E-state index contributed by atoms with van der Waals surface area (Å²) in [4.78, 5) is 25.6. The summed E-state index contributed by atoms with van der Waals surface area (Å²) in [5, 5.41) is 9.27. The Bertz CT molecular complexity index is 798. The van der Waals surface area contributed by atoms with Crippen LogP contribution < -0.4 is 4.90 Å². The van der Waals surface area contributed by atoms with Crippen LogP contribution in [0, 0.1) is 6.92 Å². The highest BCUT2D eigenvalue weighted by Gasteiger charge is 2.18. The fourth-order valence-corrected chi connectivity index (χ4v) is 2.76. The Morgan fingerprint density at radius 2 is 1.73 bits per heavy atom. The number of carbonyl (C=O) groups excluding carboxylic acids is 1. The molecule has 0 aliphatic rings. The van der Waals surface area contributed by atoms with Gasteiger partial charge in [0.1, 0.15) is 0 Å². The number of carbonyl (C=O) groups is 2. The minimum Gasteiger partial charge on any atom is -0.478 e. The van der Waals surface area contributed by atoms with Crippen molar-refractivity contribution in [3.05, 3.63) is 64.7 Å². The van der Waals surface area contributed by atoms with Crippen LogP contribution in [0.15, 0.2) is 42.5 Å². The van der Waals surface area contributed by atoms with Crippen LogP contribution in [0.5, 0.6) is 0 Å². The number of anilines is 1. The van der Waals surface area contributed by atoms with Crippen LogP contribution in [-0.2, 0) is 22.6 Å². The minimum atomic E-state index is -0.999. The van der Waals surface area contributed by atoms with Crippen molar-refractivity contribution in [3.8, 4) is 0 Å². The normalized spacial score (nSPS) is 10.8. The molecule has 1 N–H and O–H groups in total. The summed E-state index contributed by atoms with van der Waals surface area (Å²) >= 11 is 0. The minimum absolute atomic E-state index is 0.104. The van der Waals surface area contributed by atoms with Crippen LogP contribution in [0.3, 0.4) is 0 Å². The van der Waals surface area contributed by atoms with E-state index in [1.165, 1.54) is 11.0 Å². The van der Waals surface area contributed by atoms with Crippen LogP contribution in [0.1, 0.15) is 40.9 Å². The monoisotopic (exact) mass is 355 g/mol. The second kappa shape index (κ2) is 8.63. The lowest BCUT2D eigenvalue weighted by Crippen LogP contribution is -2.29. The molecule has 138 valence electrons. The molecule has 0 spiro atoms. The second-order valence-corrected chi connectivity index (χ2v) is 6.51. The zero-order valence-electron chi connectivity index (χ0n) is 15.7. The quantitative estimate of drug-likeness (QED) is 0.820. The van der Waals surface area contributed by atoms with Gasteiger partial charge in [-0.3, -0.25) is 4.79 Å². The molecule has 0 aliphatic carbocycles. The molecule has 0 saturated carbocycles. The lowest BCUT2D eigenvalue weighted by molar-refractivity contribution is -0.117. The first-order chi connectivity index (χ1) is 12.3. The summed E-state index contributed by atoms with van der Waals surface area (Å²) in [6.45, 7) is 6.12. The molecule has 0 atom stereocenters. The SMILES string of the molecule is Cc1c(C(=O)O)cccc1N(C)C(=O)Cc1ccccc1COC(C)C. The molecule has 0 aliphatic heterocycles. The van der Waals surface area contributed by atoms with E-state index in [4.69, 9.17) is 4.74 Å². The number of hydrogen-bond acceptors (Lipinski definition) is 3. The Morgan fingerprint density at radius 3 is 2.35 bits per heavy atom. The van der Waals surface area contributed by atoms with E-state index in [0.717, 1.165) is 11.1 Å². The molecule has 0 unspecified atom stereocenters. The maximum absolute atomic E-state index is 12.8. The van der Waals surface area contributed by atoms with Crippen molar-refractivity contribution in [1.82, 2.24) is 0 Å². The lowest BCUT2D eigenvalue weighted by atomic mass is 10.0. The molecule has 0 bridgehead atoms. The molecular formula is C21H25NO4. The fraction of sp³-hybridized carbons (Fsp3) is 0.333. The van der Waals surface area contributed by atoms with Gasteiger partial charge in [-0.2, -0.15) is 0 Å². The number of carboxylic acids is 1. The molecule has 1 amide bonds. The van der Waals surface area contributed by atoms with E-state index in [1.807, 2.05) is 38.1 Å². The van der Waals surface area contributed by atoms with Gasteiger partial charge in [0.2, 0.25) is 5.91 Å². The van der Waals surface area contributed by atoms with Gasteiger partial charge in [0.25, 0.3) is 0 Å². The summed E-state index contributed by atoms with van der Waals surface area (Å²) in [7, 11) is 1.67. The summed E-state index contributed by atoms with van der Waals surface area (Å²) in [6.07, 6.45) is 0.341. The van der Waals surface area contributed by atoms with Gasteiger partial charge in [-0.15, -0.1) is 0 Å². The number of benzene rings is 2. The Balaban J connectivity index is 2.21. The van der Waals surface area contributed by atoms with Gasteiger partial charge in [-0.05, 0) is 49.6 Å². The average molecular weight is 355 g/mol. The average Bonchev–Trinajstić information content (AvgIpc) is 2.60. The largest absolute Gasteiger partial charge is 0.478 e. The van der Waals surface area contributed by atoms with Crippen molar-refractivity contribution >= 4 is 17.6 Å². The van der Waals surface area contributed by atoms with E-state index in [0.29, 0.717) is 17.9 Å². The third-order valence-electron chi connectivity index (χ3n) is 4.30. The van der Waals surface area contributed by atoms with Crippen molar-refractivity contribution in [2.24, 2.45) is 0 Å². The molecule has 5 nitrogen and oxygen atoms in total. The van der Waals surface area contributed by atoms with Gasteiger partial charge in [0.15, 0.2) is 0 Å². The highest BCUT2D eigenvalue weighted by atomic mass is 16.5. The first-order valence-electron chi connectivity index (χ1n) is 8.59. The first kappa shape index (κ1) is 19.7. The van der Waals surface area contributed by atoms with E-state index in [1.54, 1.807) is 26.1 Å². The van der Waals surface area contributed by atoms with Crippen LogP contribution in [0.25, 0.3) is 0 Å². The van der Waals surface area contributed by atoms with Crippen molar-refractivity contribution in [3.63, 3.8) is 0 Å². The number of nitrogens with zero attached hydrogens (tertiary/aromatic N) is 1. The number of ether oxygens (including phenoxy) is 1. The molecule has 5 heteroatoms. The van der Waals surface area contributed by atoms with Crippen molar-refractivity contribution < 1.29 is 19.4 Å². The third-order valence-corrected chi connectivity index (χ3v) is 4.30. The van der Waals surface area contributed by atoms with Crippen molar-refractivity contribution in [1.29, 1.82) is 0 Å². The van der Waals surface area contributed by atoms with E-state index in [-0.39, 0.29) is 24.0 Å². The molecule has 0 saturated heterocycles. The molecule has 2 rings (SSSR count). The van der Waals surface area contributed by atoms with Crippen LogP contribution in [0.4, 0.5) is 5.69 Å². The fourth-order valence-electron chi connectivity index (χ4n) is 2.76. The predicted molar refractivity (Wildman–Crippen MR) is 102 cm³/mol. The molecule has 0 fully saturated rings. The van der Waals surface area contributed by atoms with Gasteiger partial charge >= 0.3 is 5.97 Å². The topological polar surface area (TPSA) is 66.8 Å². The van der Waals surface area contributed by atoms with Crippen molar-refractivity contribution in [2.75, 3.05) is 11.9 Å². The molecule has 26 heavy (non-hydrogen) atoms. The lowest BCUT2D eigenvalue weighted by Gasteiger charge is -2.21. The number of rotatable bonds is 7. The first-order valence-corrected chi connectivity index (χ1v) is 8.59. The van der Waals surface area contributed by atoms with Gasteiger partial charge in [-0.25, -0.2) is 4.79 Å². The van der Waals surface area contributed by atoms with Gasteiger partial charge in [-0.1, -0.05) is 30.3 Å². The molecule has 0 heterocycles. The number of aromatic carboxylic acids is 1. The highest BCUT2D eigenvalue weighted by Crippen LogP contribution is 2.23. The van der Waals surface area contributed by atoms with Gasteiger partial charge < -0.3 is 14.7 Å². The molecule has 2 aromatic carbocycles. The highest BCUT2D eigenvalue weighted by molar-refractivity contribution is 5.98. The smallest absolute Gasteiger partial charge is 0.336 e. The Hall–Kier alpha value is -2.66.